The van der Waals surface area contributed by atoms with Gasteiger partial charge < -0.3 is 19.5 Å². The first-order valence-electron chi connectivity index (χ1n) is 13.6. The molecule has 9 heteroatoms. The molecule has 3 fully saturated rings. The molecular formula is C30H36N6O3. The molecule has 0 saturated carbocycles. The zero-order chi connectivity index (χ0) is 27.1. The van der Waals surface area contributed by atoms with Gasteiger partial charge in [0.15, 0.2) is 0 Å². The Morgan fingerprint density at radius 1 is 1.05 bits per heavy atom. The molecule has 204 valence electrons. The molecule has 0 radical (unpaired) electrons. The van der Waals surface area contributed by atoms with Gasteiger partial charge >= 0.3 is 0 Å². The van der Waals surface area contributed by atoms with Crippen LogP contribution < -0.4 is 14.4 Å². The summed E-state index contributed by atoms with van der Waals surface area (Å²) in [7, 11) is 0. The van der Waals surface area contributed by atoms with Gasteiger partial charge in [0, 0.05) is 61.3 Å². The maximum atomic E-state index is 10.1. The summed E-state index contributed by atoms with van der Waals surface area (Å²) in [5.41, 5.74) is 3.27. The third-order valence-electron chi connectivity index (χ3n) is 7.32. The number of piperazine rings is 1. The molecule has 2 unspecified atom stereocenters. The van der Waals surface area contributed by atoms with Gasteiger partial charge in [-0.2, -0.15) is 5.10 Å². The molecule has 4 aromatic rings. The fourth-order valence-electron chi connectivity index (χ4n) is 5.47. The quantitative estimate of drug-likeness (QED) is 0.346. The van der Waals surface area contributed by atoms with E-state index in [1.165, 1.54) is 12.0 Å². The monoisotopic (exact) mass is 528 g/mol. The van der Waals surface area contributed by atoms with Crippen LogP contribution in [-0.4, -0.2) is 73.1 Å². The van der Waals surface area contributed by atoms with Crippen LogP contribution in [0.25, 0.3) is 16.6 Å². The third-order valence-corrected chi connectivity index (χ3v) is 7.32. The van der Waals surface area contributed by atoms with E-state index in [9.17, 15) is 5.11 Å². The summed E-state index contributed by atoms with van der Waals surface area (Å²) in [6, 6.07) is 13.3. The van der Waals surface area contributed by atoms with E-state index in [4.69, 9.17) is 14.5 Å². The van der Waals surface area contributed by atoms with Crippen molar-refractivity contribution in [3.8, 4) is 22.8 Å². The topological polar surface area (TPSA) is 88.2 Å². The van der Waals surface area contributed by atoms with Gasteiger partial charge in [0.25, 0.3) is 0 Å². The minimum Gasteiger partial charge on any atom is -0.489 e. The number of fused-ring (bicyclic) bond motifs is 3. The first kappa shape index (κ1) is 25.6. The number of pyridine rings is 3. The second kappa shape index (κ2) is 10.1. The molecule has 1 N–H and O–H groups in total. The summed E-state index contributed by atoms with van der Waals surface area (Å²) in [4.78, 5) is 14.3. The summed E-state index contributed by atoms with van der Waals surface area (Å²) in [5, 5.41) is 14.5. The van der Waals surface area contributed by atoms with E-state index in [-0.39, 0.29) is 12.7 Å². The van der Waals surface area contributed by atoms with Gasteiger partial charge in [0.05, 0.1) is 29.6 Å². The molecule has 3 aliphatic heterocycles. The van der Waals surface area contributed by atoms with Gasteiger partial charge in [-0.3, -0.25) is 4.90 Å². The van der Waals surface area contributed by atoms with Crippen molar-refractivity contribution in [2.75, 3.05) is 24.6 Å². The van der Waals surface area contributed by atoms with Crippen molar-refractivity contribution in [3.63, 3.8) is 0 Å². The molecule has 2 atom stereocenters. The Morgan fingerprint density at radius 3 is 2.54 bits per heavy atom. The predicted molar refractivity (Wildman–Crippen MR) is 150 cm³/mol. The van der Waals surface area contributed by atoms with Crippen LogP contribution in [0.5, 0.6) is 11.6 Å². The van der Waals surface area contributed by atoms with Gasteiger partial charge in [-0.25, -0.2) is 14.5 Å². The van der Waals surface area contributed by atoms with Crippen molar-refractivity contribution in [2.45, 2.75) is 64.4 Å². The maximum absolute atomic E-state index is 10.1. The van der Waals surface area contributed by atoms with Gasteiger partial charge in [-0.1, -0.05) is 6.07 Å². The van der Waals surface area contributed by atoms with E-state index in [0.717, 1.165) is 42.1 Å². The Morgan fingerprint density at radius 2 is 1.87 bits per heavy atom. The van der Waals surface area contributed by atoms with Gasteiger partial charge in [0.2, 0.25) is 5.88 Å². The maximum Gasteiger partial charge on any atom is 0.213 e. The number of nitrogens with zero attached hydrogens (tertiary/aromatic N) is 6. The van der Waals surface area contributed by atoms with Gasteiger partial charge in [-0.05, 0) is 63.9 Å². The van der Waals surface area contributed by atoms with E-state index < -0.39 is 5.60 Å². The highest BCUT2D eigenvalue weighted by Gasteiger charge is 2.44. The van der Waals surface area contributed by atoms with Crippen molar-refractivity contribution in [1.82, 2.24) is 24.5 Å². The predicted octanol–water partition coefficient (Wildman–Crippen LogP) is 4.19. The summed E-state index contributed by atoms with van der Waals surface area (Å²) in [6.45, 7) is 10.5. The second-order valence-corrected chi connectivity index (χ2v) is 11.5. The average molecular weight is 529 g/mol. The molecule has 0 aliphatic carbocycles. The largest absolute Gasteiger partial charge is 0.489 e. The van der Waals surface area contributed by atoms with Crippen LogP contribution in [0.2, 0.25) is 0 Å². The van der Waals surface area contributed by atoms with E-state index in [2.05, 4.69) is 38.1 Å². The Balaban J connectivity index is 1.12. The van der Waals surface area contributed by atoms with Crippen molar-refractivity contribution in [2.24, 2.45) is 0 Å². The number of anilines is 1. The van der Waals surface area contributed by atoms with Crippen LogP contribution in [0.1, 0.15) is 39.7 Å². The number of hydrogen-bond acceptors (Lipinski definition) is 8. The number of ether oxygens (including phenoxy) is 2. The van der Waals surface area contributed by atoms with Crippen LogP contribution >= 0.6 is 0 Å². The van der Waals surface area contributed by atoms with E-state index in [0.29, 0.717) is 23.7 Å². The van der Waals surface area contributed by atoms with Crippen molar-refractivity contribution in [1.29, 1.82) is 0 Å². The third kappa shape index (κ3) is 5.55. The van der Waals surface area contributed by atoms with E-state index in [1.807, 2.05) is 50.6 Å². The lowest BCUT2D eigenvalue weighted by Crippen LogP contribution is -2.68. The van der Waals surface area contributed by atoms with Gasteiger partial charge in [0.1, 0.15) is 18.2 Å². The SMILES string of the molecule is CC(C)Oc1ccc(CN2C3CC2CN(c2ccc(-c4cc(OCC(C)(C)O)cn5nccc45)cn2)C3)cn1. The van der Waals surface area contributed by atoms with Crippen molar-refractivity contribution < 1.29 is 14.6 Å². The van der Waals surface area contributed by atoms with Crippen LogP contribution in [-0.2, 0) is 6.54 Å². The zero-order valence-corrected chi connectivity index (χ0v) is 23.0. The molecule has 9 nitrogen and oxygen atoms in total. The molecule has 0 spiro atoms. The van der Waals surface area contributed by atoms with E-state index in [1.54, 1.807) is 24.6 Å². The van der Waals surface area contributed by atoms with E-state index >= 15 is 0 Å². The number of piperidine rings is 1. The lowest BCUT2D eigenvalue weighted by molar-refractivity contribution is -0.00877. The first-order valence-corrected chi connectivity index (χ1v) is 13.6. The molecular weight excluding hydrogens is 492 g/mol. The highest BCUT2D eigenvalue weighted by atomic mass is 16.5. The zero-order valence-electron chi connectivity index (χ0n) is 23.0. The average Bonchev–Trinajstić information content (AvgIpc) is 3.39. The highest BCUT2D eigenvalue weighted by molar-refractivity contribution is 5.81. The molecule has 7 heterocycles. The summed E-state index contributed by atoms with van der Waals surface area (Å²) in [6.07, 6.45) is 8.83. The molecule has 3 aliphatic rings. The molecule has 0 aromatic carbocycles. The first-order chi connectivity index (χ1) is 18.7. The van der Waals surface area contributed by atoms with Crippen LogP contribution in [0.3, 0.4) is 0 Å². The smallest absolute Gasteiger partial charge is 0.213 e. The van der Waals surface area contributed by atoms with Crippen molar-refractivity contribution in [3.05, 3.63) is 66.7 Å². The summed E-state index contributed by atoms with van der Waals surface area (Å²) < 4.78 is 13.3. The second-order valence-electron chi connectivity index (χ2n) is 11.5. The van der Waals surface area contributed by atoms with Gasteiger partial charge in [-0.15, -0.1) is 0 Å². The minimum atomic E-state index is -0.920. The molecule has 7 rings (SSSR count). The minimum absolute atomic E-state index is 0.127. The number of aromatic nitrogens is 4. The van der Waals surface area contributed by atoms with Crippen LogP contribution in [0.4, 0.5) is 5.82 Å². The Kier molecular flexibility index (Phi) is 6.64. The number of hydrogen-bond donors (Lipinski definition) is 1. The molecule has 39 heavy (non-hydrogen) atoms. The fourth-order valence-corrected chi connectivity index (χ4v) is 5.47. The van der Waals surface area contributed by atoms with Crippen LogP contribution in [0.15, 0.2) is 61.2 Å². The summed E-state index contributed by atoms with van der Waals surface area (Å²) in [5.74, 6) is 2.34. The lowest BCUT2D eigenvalue weighted by Gasteiger charge is -2.56. The molecule has 2 bridgehead atoms. The molecule has 0 amide bonds. The number of rotatable bonds is 9. The molecule has 3 saturated heterocycles. The summed E-state index contributed by atoms with van der Waals surface area (Å²) >= 11 is 0. The Hall–Kier alpha value is -3.69. The van der Waals surface area contributed by atoms with Crippen molar-refractivity contribution >= 4 is 11.3 Å². The lowest BCUT2D eigenvalue weighted by atomic mass is 9.87. The highest BCUT2D eigenvalue weighted by Crippen LogP contribution is 2.36. The Labute approximate surface area is 229 Å². The fraction of sp³-hybridized carbons (Fsp3) is 0.433. The standard InChI is InChI=1S/C30H36N6O3/c1-20(2)39-29-8-5-21(13-32-29)15-35-23-11-24(35)17-34(16-23)28-7-6-22(14-31-28)26-12-25(38-19-30(3,4)37)18-36-27(26)9-10-33-36/h5-10,12-14,18,20,23-24,37H,11,15-17,19H2,1-4H3. The number of aliphatic hydroxyl groups is 1. The molecule has 4 aromatic heterocycles. The van der Waals surface area contributed by atoms with Crippen LogP contribution in [0, 0.1) is 0 Å². The normalized spacial score (nSPS) is 19.4. The Bertz CT molecular complexity index is 1420.